The van der Waals surface area contributed by atoms with Gasteiger partial charge in [0.15, 0.2) is 0 Å². The molecule has 0 bridgehead atoms. The molecule has 21 heavy (non-hydrogen) atoms. The predicted octanol–water partition coefficient (Wildman–Crippen LogP) is 0.909. The van der Waals surface area contributed by atoms with Gasteiger partial charge in [0, 0.05) is 13.2 Å². The predicted molar refractivity (Wildman–Crippen MR) is 77.9 cm³/mol. The SMILES string of the molecule is NS(=O)(=O)c1cccc(CNC(=O)CC2CCCCO2)c1. The van der Waals surface area contributed by atoms with Crippen LogP contribution in [-0.2, 0) is 26.1 Å². The molecule has 1 aliphatic heterocycles. The van der Waals surface area contributed by atoms with Gasteiger partial charge in [-0.15, -0.1) is 0 Å². The summed E-state index contributed by atoms with van der Waals surface area (Å²) < 4.78 is 28.0. The lowest BCUT2D eigenvalue weighted by Crippen LogP contribution is -2.30. The van der Waals surface area contributed by atoms with Crippen molar-refractivity contribution < 1.29 is 17.9 Å². The fourth-order valence-electron chi connectivity index (χ4n) is 2.28. The monoisotopic (exact) mass is 312 g/mol. The van der Waals surface area contributed by atoms with Gasteiger partial charge >= 0.3 is 0 Å². The molecule has 0 aromatic heterocycles. The van der Waals surface area contributed by atoms with E-state index < -0.39 is 10.0 Å². The van der Waals surface area contributed by atoms with Crippen LogP contribution in [-0.4, -0.2) is 27.0 Å². The number of sulfonamides is 1. The van der Waals surface area contributed by atoms with Crippen molar-refractivity contribution >= 4 is 15.9 Å². The Labute approximate surface area is 124 Å². The van der Waals surface area contributed by atoms with E-state index in [-0.39, 0.29) is 23.5 Å². The molecule has 7 heteroatoms. The molecule has 1 aliphatic rings. The quantitative estimate of drug-likeness (QED) is 0.844. The average Bonchev–Trinajstić information content (AvgIpc) is 2.46. The van der Waals surface area contributed by atoms with E-state index in [9.17, 15) is 13.2 Å². The Bertz CT molecular complexity index is 595. The summed E-state index contributed by atoms with van der Waals surface area (Å²) in [5, 5.41) is 7.84. The third kappa shape index (κ3) is 5.11. The van der Waals surface area contributed by atoms with E-state index in [0.29, 0.717) is 18.6 Å². The summed E-state index contributed by atoms with van der Waals surface area (Å²) in [6, 6.07) is 6.24. The average molecular weight is 312 g/mol. The molecule has 1 amide bonds. The van der Waals surface area contributed by atoms with Gasteiger partial charge in [0.05, 0.1) is 17.4 Å². The molecule has 116 valence electrons. The number of hydrogen-bond donors (Lipinski definition) is 2. The molecule has 0 saturated carbocycles. The van der Waals surface area contributed by atoms with Crippen LogP contribution in [0.15, 0.2) is 29.2 Å². The van der Waals surface area contributed by atoms with Crippen LogP contribution in [0, 0.1) is 0 Å². The molecule has 1 aromatic carbocycles. The first-order valence-electron chi connectivity index (χ1n) is 6.95. The van der Waals surface area contributed by atoms with Gasteiger partial charge in [-0.1, -0.05) is 12.1 Å². The van der Waals surface area contributed by atoms with Crippen molar-refractivity contribution in [2.75, 3.05) is 6.61 Å². The minimum atomic E-state index is -3.72. The number of carbonyl (C=O) groups excluding carboxylic acids is 1. The van der Waals surface area contributed by atoms with Crippen LogP contribution in [0.2, 0.25) is 0 Å². The van der Waals surface area contributed by atoms with Gasteiger partial charge in [0.2, 0.25) is 15.9 Å². The lowest BCUT2D eigenvalue weighted by molar-refractivity contribution is -0.125. The molecular formula is C14H20N2O4S. The van der Waals surface area contributed by atoms with Gasteiger partial charge in [-0.25, -0.2) is 13.6 Å². The van der Waals surface area contributed by atoms with E-state index in [1.165, 1.54) is 12.1 Å². The first-order valence-corrected chi connectivity index (χ1v) is 8.50. The Kier molecular flexibility index (Phi) is 5.33. The normalized spacial score (nSPS) is 19.2. The van der Waals surface area contributed by atoms with E-state index >= 15 is 0 Å². The van der Waals surface area contributed by atoms with Gasteiger partial charge in [0.25, 0.3) is 0 Å². The number of hydrogen-bond acceptors (Lipinski definition) is 4. The van der Waals surface area contributed by atoms with E-state index in [1.54, 1.807) is 12.1 Å². The highest BCUT2D eigenvalue weighted by Gasteiger charge is 2.17. The van der Waals surface area contributed by atoms with E-state index in [4.69, 9.17) is 9.88 Å². The summed E-state index contributed by atoms with van der Waals surface area (Å²) in [7, 11) is -3.72. The topological polar surface area (TPSA) is 98.5 Å². The Hall–Kier alpha value is -1.44. The lowest BCUT2D eigenvalue weighted by Gasteiger charge is -2.21. The summed E-state index contributed by atoms with van der Waals surface area (Å²) in [5.74, 6) is -0.0945. The molecule has 1 saturated heterocycles. The highest BCUT2D eigenvalue weighted by atomic mass is 32.2. The molecule has 0 radical (unpaired) electrons. The second kappa shape index (κ2) is 7.02. The van der Waals surface area contributed by atoms with Crippen LogP contribution in [0.3, 0.4) is 0 Å². The van der Waals surface area contributed by atoms with Crippen LogP contribution in [0.5, 0.6) is 0 Å². The van der Waals surface area contributed by atoms with Crippen molar-refractivity contribution in [3.05, 3.63) is 29.8 Å². The van der Waals surface area contributed by atoms with Crippen molar-refractivity contribution in [2.45, 2.75) is 43.2 Å². The lowest BCUT2D eigenvalue weighted by atomic mass is 10.1. The summed E-state index contributed by atoms with van der Waals surface area (Å²) in [6.07, 6.45) is 3.39. The van der Waals surface area contributed by atoms with E-state index in [2.05, 4.69) is 5.32 Å². The minimum absolute atomic E-state index is 0.00509. The van der Waals surface area contributed by atoms with Crippen molar-refractivity contribution in [1.82, 2.24) is 5.32 Å². The summed E-state index contributed by atoms with van der Waals surface area (Å²) in [5.41, 5.74) is 0.694. The highest BCUT2D eigenvalue weighted by molar-refractivity contribution is 7.89. The van der Waals surface area contributed by atoms with Gasteiger partial charge in [-0.05, 0) is 37.0 Å². The minimum Gasteiger partial charge on any atom is -0.378 e. The fourth-order valence-corrected chi connectivity index (χ4v) is 2.86. The number of nitrogens with one attached hydrogen (secondary N) is 1. The summed E-state index contributed by atoms with van der Waals surface area (Å²) >= 11 is 0. The van der Waals surface area contributed by atoms with Gasteiger partial charge in [-0.3, -0.25) is 4.79 Å². The largest absolute Gasteiger partial charge is 0.378 e. The number of carbonyl (C=O) groups is 1. The van der Waals surface area contributed by atoms with Crippen molar-refractivity contribution in [3.63, 3.8) is 0 Å². The summed E-state index contributed by atoms with van der Waals surface area (Å²) in [4.78, 5) is 11.9. The number of rotatable bonds is 5. The van der Waals surface area contributed by atoms with Crippen LogP contribution >= 0.6 is 0 Å². The molecule has 0 spiro atoms. The number of ether oxygens (including phenoxy) is 1. The third-order valence-corrected chi connectivity index (χ3v) is 4.31. The molecule has 2 rings (SSSR count). The molecular weight excluding hydrogens is 292 g/mol. The van der Waals surface area contributed by atoms with Crippen LogP contribution < -0.4 is 10.5 Å². The smallest absolute Gasteiger partial charge is 0.238 e. The van der Waals surface area contributed by atoms with Gasteiger partial charge in [0.1, 0.15) is 0 Å². The Morgan fingerprint density at radius 1 is 1.38 bits per heavy atom. The Morgan fingerprint density at radius 3 is 2.86 bits per heavy atom. The number of nitrogens with two attached hydrogens (primary N) is 1. The molecule has 6 nitrogen and oxygen atoms in total. The second-order valence-electron chi connectivity index (χ2n) is 5.16. The van der Waals surface area contributed by atoms with Gasteiger partial charge < -0.3 is 10.1 Å². The third-order valence-electron chi connectivity index (χ3n) is 3.40. The molecule has 1 heterocycles. The molecule has 1 atom stereocenters. The molecule has 0 aliphatic carbocycles. The number of amides is 1. The maximum absolute atomic E-state index is 11.8. The van der Waals surface area contributed by atoms with Gasteiger partial charge in [-0.2, -0.15) is 0 Å². The van der Waals surface area contributed by atoms with E-state index in [0.717, 1.165) is 19.3 Å². The van der Waals surface area contributed by atoms with Crippen molar-refractivity contribution in [1.29, 1.82) is 0 Å². The standard InChI is InChI=1S/C14H20N2O4S/c15-21(18,19)13-6-3-4-11(8-13)10-16-14(17)9-12-5-1-2-7-20-12/h3-4,6,8,12H,1-2,5,7,9-10H2,(H,16,17)(H2,15,18,19). The molecule has 1 aromatic rings. The van der Waals surface area contributed by atoms with Crippen LogP contribution in [0.25, 0.3) is 0 Å². The zero-order valence-electron chi connectivity index (χ0n) is 11.7. The van der Waals surface area contributed by atoms with E-state index in [1.807, 2.05) is 0 Å². The fraction of sp³-hybridized carbons (Fsp3) is 0.500. The zero-order valence-corrected chi connectivity index (χ0v) is 12.6. The van der Waals surface area contributed by atoms with Crippen LogP contribution in [0.1, 0.15) is 31.2 Å². The Balaban J connectivity index is 1.86. The maximum atomic E-state index is 11.8. The zero-order chi connectivity index (χ0) is 15.3. The molecule has 3 N–H and O–H groups in total. The Morgan fingerprint density at radius 2 is 2.19 bits per heavy atom. The summed E-state index contributed by atoms with van der Waals surface area (Å²) in [6.45, 7) is 0.989. The maximum Gasteiger partial charge on any atom is 0.238 e. The number of benzene rings is 1. The molecule has 1 fully saturated rings. The first-order chi connectivity index (χ1) is 9.95. The van der Waals surface area contributed by atoms with Crippen LogP contribution in [0.4, 0.5) is 0 Å². The first kappa shape index (κ1) is 15.9. The van der Waals surface area contributed by atoms with Crippen molar-refractivity contribution in [3.8, 4) is 0 Å². The van der Waals surface area contributed by atoms with Crippen molar-refractivity contribution in [2.24, 2.45) is 5.14 Å². The number of primary sulfonamides is 1. The highest BCUT2D eigenvalue weighted by Crippen LogP contribution is 2.15. The molecule has 1 unspecified atom stereocenters. The second-order valence-corrected chi connectivity index (χ2v) is 6.72.